The summed E-state index contributed by atoms with van der Waals surface area (Å²) in [5.74, 6) is 0.182. The molecule has 0 spiro atoms. The topological polar surface area (TPSA) is 52.7 Å². The Hall–Kier alpha value is -1.36. The fraction of sp³-hybridized carbons (Fsp3) is 0.667. The van der Waals surface area contributed by atoms with Crippen LogP contribution in [0.25, 0.3) is 0 Å². The molecule has 1 N–H and O–H groups in total. The van der Waals surface area contributed by atoms with Crippen LogP contribution < -0.4 is 5.32 Å². The van der Waals surface area contributed by atoms with Crippen LogP contribution in [0.5, 0.6) is 0 Å². The maximum atomic E-state index is 11.8. The highest BCUT2D eigenvalue weighted by atomic mass is 16.2. The van der Waals surface area contributed by atoms with Crippen molar-refractivity contribution in [3.8, 4) is 0 Å². The van der Waals surface area contributed by atoms with Crippen LogP contribution in [0.15, 0.2) is 12.7 Å². The Balaban J connectivity index is 2.37. The SMILES string of the molecule is C=CCNCC(=O)N1CCCN(C(C)=O)CC1. The maximum Gasteiger partial charge on any atom is 0.236 e. The average Bonchev–Trinajstić information content (AvgIpc) is 2.54. The second kappa shape index (κ2) is 7.06. The second-order valence-corrected chi connectivity index (χ2v) is 4.16. The standard InChI is InChI=1S/C12H21N3O2/c1-3-5-13-10-12(17)15-7-4-6-14(8-9-15)11(2)16/h3,13H,1,4-10H2,2H3. The first-order valence-corrected chi connectivity index (χ1v) is 6.00. The van der Waals surface area contributed by atoms with E-state index in [0.29, 0.717) is 26.2 Å². The molecule has 0 aliphatic carbocycles. The maximum absolute atomic E-state index is 11.8. The third-order valence-electron chi connectivity index (χ3n) is 2.86. The largest absolute Gasteiger partial charge is 0.341 e. The smallest absolute Gasteiger partial charge is 0.236 e. The summed E-state index contributed by atoms with van der Waals surface area (Å²) >= 11 is 0. The number of amides is 2. The van der Waals surface area contributed by atoms with E-state index in [1.165, 1.54) is 0 Å². The van der Waals surface area contributed by atoms with Gasteiger partial charge in [0, 0.05) is 39.6 Å². The number of nitrogens with zero attached hydrogens (tertiary/aromatic N) is 2. The van der Waals surface area contributed by atoms with Crippen LogP contribution in [0.1, 0.15) is 13.3 Å². The molecule has 96 valence electrons. The van der Waals surface area contributed by atoms with Crippen molar-refractivity contribution in [3.63, 3.8) is 0 Å². The third kappa shape index (κ3) is 4.56. The van der Waals surface area contributed by atoms with Crippen LogP contribution in [-0.2, 0) is 9.59 Å². The summed E-state index contributed by atoms with van der Waals surface area (Å²) < 4.78 is 0. The van der Waals surface area contributed by atoms with Crippen molar-refractivity contribution in [1.29, 1.82) is 0 Å². The zero-order valence-corrected chi connectivity index (χ0v) is 10.4. The van der Waals surface area contributed by atoms with Crippen molar-refractivity contribution in [2.45, 2.75) is 13.3 Å². The molecule has 5 nitrogen and oxygen atoms in total. The summed E-state index contributed by atoms with van der Waals surface area (Å²) in [6, 6.07) is 0. The van der Waals surface area contributed by atoms with E-state index in [2.05, 4.69) is 11.9 Å². The predicted octanol–water partition coefficient (Wildman–Crippen LogP) is -0.157. The second-order valence-electron chi connectivity index (χ2n) is 4.16. The lowest BCUT2D eigenvalue weighted by atomic mass is 10.3. The molecule has 0 unspecified atom stereocenters. The van der Waals surface area contributed by atoms with Gasteiger partial charge in [-0.05, 0) is 6.42 Å². The molecule has 0 aromatic heterocycles. The normalized spacial score (nSPS) is 16.5. The summed E-state index contributed by atoms with van der Waals surface area (Å²) in [5.41, 5.74) is 0. The van der Waals surface area contributed by atoms with E-state index in [4.69, 9.17) is 0 Å². The van der Waals surface area contributed by atoms with Crippen LogP contribution in [0, 0.1) is 0 Å². The Morgan fingerprint density at radius 2 is 1.88 bits per heavy atom. The van der Waals surface area contributed by atoms with Gasteiger partial charge in [0.2, 0.25) is 11.8 Å². The van der Waals surface area contributed by atoms with Crippen molar-refractivity contribution in [1.82, 2.24) is 15.1 Å². The summed E-state index contributed by atoms with van der Waals surface area (Å²) in [4.78, 5) is 26.7. The van der Waals surface area contributed by atoms with Crippen molar-refractivity contribution in [3.05, 3.63) is 12.7 Å². The predicted molar refractivity (Wildman–Crippen MR) is 66.5 cm³/mol. The zero-order valence-electron chi connectivity index (χ0n) is 10.4. The molecule has 0 bridgehead atoms. The molecule has 0 aromatic carbocycles. The van der Waals surface area contributed by atoms with Gasteiger partial charge in [-0.2, -0.15) is 0 Å². The van der Waals surface area contributed by atoms with Crippen molar-refractivity contribution < 1.29 is 9.59 Å². The summed E-state index contributed by atoms with van der Waals surface area (Å²) in [6.45, 7) is 8.89. The number of rotatable bonds is 4. The molecule has 1 saturated heterocycles. The van der Waals surface area contributed by atoms with E-state index in [9.17, 15) is 9.59 Å². The fourth-order valence-electron chi connectivity index (χ4n) is 1.87. The molecule has 2 amide bonds. The summed E-state index contributed by atoms with van der Waals surface area (Å²) in [6.07, 6.45) is 2.58. The molecule has 17 heavy (non-hydrogen) atoms. The Labute approximate surface area is 102 Å². The number of hydrogen-bond donors (Lipinski definition) is 1. The first-order chi connectivity index (χ1) is 8.15. The van der Waals surface area contributed by atoms with Gasteiger partial charge in [0.05, 0.1) is 6.54 Å². The van der Waals surface area contributed by atoms with E-state index in [1.807, 2.05) is 4.90 Å². The Kier molecular flexibility index (Phi) is 5.69. The molecule has 1 rings (SSSR count). The van der Waals surface area contributed by atoms with Crippen LogP contribution in [0.2, 0.25) is 0 Å². The number of hydrogen-bond acceptors (Lipinski definition) is 3. The average molecular weight is 239 g/mol. The molecule has 5 heteroatoms. The highest BCUT2D eigenvalue weighted by molar-refractivity contribution is 5.78. The molecule has 0 radical (unpaired) electrons. The van der Waals surface area contributed by atoms with E-state index < -0.39 is 0 Å². The van der Waals surface area contributed by atoms with Crippen molar-refractivity contribution in [2.24, 2.45) is 0 Å². The van der Waals surface area contributed by atoms with Crippen LogP contribution in [0.4, 0.5) is 0 Å². The molecular formula is C12H21N3O2. The highest BCUT2D eigenvalue weighted by Crippen LogP contribution is 2.03. The molecule has 0 saturated carbocycles. The quantitative estimate of drug-likeness (QED) is 0.548. The lowest BCUT2D eigenvalue weighted by molar-refractivity contribution is -0.131. The van der Waals surface area contributed by atoms with Gasteiger partial charge in [0.1, 0.15) is 0 Å². The van der Waals surface area contributed by atoms with E-state index in [1.54, 1.807) is 17.9 Å². The minimum Gasteiger partial charge on any atom is -0.341 e. The first kappa shape index (κ1) is 13.7. The molecule has 1 aliphatic heterocycles. The summed E-state index contributed by atoms with van der Waals surface area (Å²) in [7, 11) is 0. The minimum atomic E-state index is 0.0871. The van der Waals surface area contributed by atoms with Crippen LogP contribution in [0.3, 0.4) is 0 Å². The zero-order chi connectivity index (χ0) is 12.7. The molecule has 0 atom stereocenters. The van der Waals surface area contributed by atoms with Crippen molar-refractivity contribution >= 4 is 11.8 Å². The van der Waals surface area contributed by atoms with Crippen LogP contribution in [-0.4, -0.2) is 60.9 Å². The molecule has 1 fully saturated rings. The van der Waals surface area contributed by atoms with Gasteiger partial charge >= 0.3 is 0 Å². The third-order valence-corrected chi connectivity index (χ3v) is 2.86. The number of carbonyl (C=O) groups excluding carboxylic acids is 2. The lowest BCUT2D eigenvalue weighted by Gasteiger charge is -2.21. The first-order valence-electron chi connectivity index (χ1n) is 6.00. The Morgan fingerprint density at radius 3 is 2.53 bits per heavy atom. The minimum absolute atomic E-state index is 0.0871. The van der Waals surface area contributed by atoms with E-state index in [-0.39, 0.29) is 11.8 Å². The molecule has 1 heterocycles. The van der Waals surface area contributed by atoms with Gasteiger partial charge in [0.15, 0.2) is 0 Å². The van der Waals surface area contributed by atoms with Crippen LogP contribution >= 0.6 is 0 Å². The molecule has 1 aliphatic rings. The molecular weight excluding hydrogens is 218 g/mol. The fourth-order valence-corrected chi connectivity index (χ4v) is 1.87. The Bertz CT molecular complexity index is 291. The van der Waals surface area contributed by atoms with Gasteiger partial charge in [0.25, 0.3) is 0 Å². The monoisotopic (exact) mass is 239 g/mol. The van der Waals surface area contributed by atoms with Gasteiger partial charge in [-0.15, -0.1) is 6.58 Å². The van der Waals surface area contributed by atoms with Gasteiger partial charge in [-0.1, -0.05) is 6.08 Å². The summed E-state index contributed by atoms with van der Waals surface area (Å²) in [5, 5.41) is 3.00. The number of carbonyl (C=O) groups is 2. The van der Waals surface area contributed by atoms with E-state index >= 15 is 0 Å². The van der Waals surface area contributed by atoms with E-state index in [0.717, 1.165) is 19.5 Å². The van der Waals surface area contributed by atoms with Gasteiger partial charge in [-0.25, -0.2) is 0 Å². The number of nitrogens with one attached hydrogen (secondary N) is 1. The molecule has 0 aromatic rings. The van der Waals surface area contributed by atoms with Gasteiger partial charge in [-0.3, -0.25) is 9.59 Å². The lowest BCUT2D eigenvalue weighted by Crippen LogP contribution is -2.40. The Morgan fingerprint density at radius 1 is 1.24 bits per heavy atom. The van der Waals surface area contributed by atoms with Gasteiger partial charge < -0.3 is 15.1 Å². The highest BCUT2D eigenvalue weighted by Gasteiger charge is 2.19. The van der Waals surface area contributed by atoms with Crippen molar-refractivity contribution in [2.75, 3.05) is 39.3 Å².